The van der Waals surface area contributed by atoms with Gasteiger partial charge in [-0.3, -0.25) is 0 Å². The Morgan fingerprint density at radius 3 is 2.17 bits per heavy atom. The molecule has 1 aromatic carbocycles. The van der Waals surface area contributed by atoms with E-state index in [9.17, 15) is 0 Å². The van der Waals surface area contributed by atoms with Gasteiger partial charge in [-0.25, -0.2) is 9.97 Å². The average Bonchev–Trinajstić information content (AvgIpc) is 2.38. The molecule has 2 aromatic rings. The molecule has 0 N–H and O–H groups in total. The Labute approximate surface area is 115 Å². The van der Waals surface area contributed by atoms with Crippen LogP contribution in [0.5, 0.6) is 0 Å². The van der Waals surface area contributed by atoms with Crippen LogP contribution in [0.1, 0.15) is 12.7 Å². The third kappa shape index (κ3) is 3.03. The van der Waals surface area contributed by atoms with Gasteiger partial charge in [-0.2, -0.15) is 5.11 Å². The first kappa shape index (κ1) is 12.9. The predicted molar refractivity (Wildman–Crippen MR) is 72.0 cm³/mol. The monoisotopic (exact) mass is 280 g/mol. The van der Waals surface area contributed by atoms with E-state index in [1.54, 1.807) is 0 Å². The highest BCUT2D eigenvalue weighted by molar-refractivity contribution is 6.37. The van der Waals surface area contributed by atoms with E-state index >= 15 is 0 Å². The van der Waals surface area contributed by atoms with Gasteiger partial charge in [0.25, 0.3) is 0 Å². The van der Waals surface area contributed by atoms with Crippen LogP contribution >= 0.6 is 23.2 Å². The normalized spacial score (nSPS) is 11.1. The van der Waals surface area contributed by atoms with E-state index in [4.69, 9.17) is 23.2 Å². The summed E-state index contributed by atoms with van der Waals surface area (Å²) < 4.78 is 0. The molecule has 0 saturated carbocycles. The van der Waals surface area contributed by atoms with Crippen molar-refractivity contribution in [3.8, 4) is 0 Å². The molecule has 0 spiro atoms. The Bertz CT molecular complexity index is 547. The fraction of sp³-hybridized carbons (Fsp3) is 0.167. The zero-order valence-corrected chi connectivity index (χ0v) is 11.2. The summed E-state index contributed by atoms with van der Waals surface area (Å²) in [4.78, 5) is 8.16. The Balaban J connectivity index is 2.32. The summed E-state index contributed by atoms with van der Waals surface area (Å²) >= 11 is 12.0. The highest BCUT2D eigenvalue weighted by Crippen LogP contribution is 2.31. The Hall–Kier alpha value is -1.52. The summed E-state index contributed by atoms with van der Waals surface area (Å²) in [6.45, 7) is 1.92. The molecule has 0 aliphatic heterocycles. The van der Waals surface area contributed by atoms with Crippen molar-refractivity contribution in [1.82, 2.24) is 9.97 Å². The summed E-state index contributed by atoms with van der Waals surface area (Å²) in [5, 5.41) is 8.45. The zero-order chi connectivity index (χ0) is 13.0. The maximum atomic E-state index is 5.99. The van der Waals surface area contributed by atoms with E-state index in [0.29, 0.717) is 23.6 Å². The summed E-state index contributed by atoms with van der Waals surface area (Å²) in [5.41, 5.74) is 1.00. The number of rotatable bonds is 3. The van der Waals surface area contributed by atoms with Crippen molar-refractivity contribution >= 4 is 34.6 Å². The van der Waals surface area contributed by atoms with E-state index in [1.807, 2.05) is 37.3 Å². The number of hydrogen-bond acceptors (Lipinski definition) is 4. The second-order valence-corrected chi connectivity index (χ2v) is 4.18. The second-order valence-electron chi connectivity index (χ2n) is 3.46. The van der Waals surface area contributed by atoms with Crippen LogP contribution in [-0.2, 0) is 6.42 Å². The molecule has 1 heterocycles. The van der Waals surface area contributed by atoms with Crippen LogP contribution in [-0.4, -0.2) is 9.97 Å². The van der Waals surface area contributed by atoms with Crippen LogP contribution in [0, 0.1) is 0 Å². The van der Waals surface area contributed by atoms with Crippen molar-refractivity contribution in [3.63, 3.8) is 0 Å². The molecule has 18 heavy (non-hydrogen) atoms. The van der Waals surface area contributed by atoms with Crippen LogP contribution < -0.4 is 0 Å². The quantitative estimate of drug-likeness (QED) is 0.601. The SMILES string of the molecule is CCc1nc(Cl)c(/N=N/c2ccccc2)c(Cl)n1. The van der Waals surface area contributed by atoms with Crippen molar-refractivity contribution in [2.45, 2.75) is 13.3 Å². The van der Waals surface area contributed by atoms with Crippen LogP contribution in [0.2, 0.25) is 10.3 Å². The second kappa shape index (κ2) is 5.89. The number of halogens is 2. The van der Waals surface area contributed by atoms with Crippen molar-refractivity contribution < 1.29 is 0 Å². The van der Waals surface area contributed by atoms with E-state index < -0.39 is 0 Å². The molecule has 0 aliphatic carbocycles. The van der Waals surface area contributed by atoms with Crippen molar-refractivity contribution in [3.05, 3.63) is 46.5 Å². The van der Waals surface area contributed by atoms with Gasteiger partial charge in [0.15, 0.2) is 16.0 Å². The zero-order valence-electron chi connectivity index (χ0n) is 9.64. The molecule has 4 nitrogen and oxygen atoms in total. The minimum Gasteiger partial charge on any atom is -0.219 e. The van der Waals surface area contributed by atoms with Gasteiger partial charge in [0, 0.05) is 6.42 Å². The highest BCUT2D eigenvalue weighted by atomic mass is 35.5. The number of azo groups is 1. The largest absolute Gasteiger partial charge is 0.219 e. The smallest absolute Gasteiger partial charge is 0.161 e. The molecule has 6 heteroatoms. The van der Waals surface area contributed by atoms with Gasteiger partial charge in [-0.15, -0.1) is 5.11 Å². The minimum absolute atomic E-state index is 0.214. The lowest BCUT2D eigenvalue weighted by Crippen LogP contribution is -1.93. The summed E-state index contributed by atoms with van der Waals surface area (Å²) in [7, 11) is 0. The van der Waals surface area contributed by atoms with Gasteiger partial charge in [0.1, 0.15) is 5.82 Å². The summed E-state index contributed by atoms with van der Waals surface area (Å²) in [5.74, 6) is 0.587. The van der Waals surface area contributed by atoms with Crippen molar-refractivity contribution in [1.29, 1.82) is 0 Å². The lowest BCUT2D eigenvalue weighted by molar-refractivity contribution is 0.936. The third-order valence-corrected chi connectivity index (χ3v) is 2.71. The molecule has 0 atom stereocenters. The standard InChI is InChI=1S/C12H10Cl2N4/c1-2-9-15-11(13)10(12(14)16-9)18-17-8-6-4-3-5-7-8/h3-7H,2H2,1H3/b18-17+. The number of nitrogens with zero attached hydrogens (tertiary/aromatic N) is 4. The lowest BCUT2D eigenvalue weighted by atomic mass is 10.3. The Kier molecular flexibility index (Phi) is 4.23. The third-order valence-electron chi connectivity index (χ3n) is 2.18. The first-order valence-corrected chi connectivity index (χ1v) is 6.15. The lowest BCUT2D eigenvalue weighted by Gasteiger charge is -2.01. The minimum atomic E-state index is 0.214. The van der Waals surface area contributed by atoms with Gasteiger partial charge in [0.2, 0.25) is 0 Å². The van der Waals surface area contributed by atoms with Gasteiger partial charge in [-0.05, 0) is 12.1 Å². The molecular formula is C12H10Cl2N4. The van der Waals surface area contributed by atoms with E-state index in [1.165, 1.54) is 0 Å². The number of aromatic nitrogens is 2. The highest BCUT2D eigenvalue weighted by Gasteiger charge is 2.10. The van der Waals surface area contributed by atoms with Gasteiger partial charge >= 0.3 is 0 Å². The number of hydrogen-bond donors (Lipinski definition) is 0. The summed E-state index contributed by atoms with van der Waals surface area (Å²) in [6.07, 6.45) is 0.662. The summed E-state index contributed by atoms with van der Waals surface area (Å²) in [6, 6.07) is 9.29. The molecule has 0 amide bonds. The van der Waals surface area contributed by atoms with Crippen molar-refractivity contribution in [2.75, 3.05) is 0 Å². The van der Waals surface area contributed by atoms with E-state index in [2.05, 4.69) is 20.2 Å². The van der Waals surface area contributed by atoms with Gasteiger partial charge in [-0.1, -0.05) is 48.3 Å². The predicted octanol–water partition coefficient (Wildman–Crippen LogP) is 4.76. The Morgan fingerprint density at radius 2 is 1.61 bits per heavy atom. The van der Waals surface area contributed by atoms with Crippen LogP contribution in [0.3, 0.4) is 0 Å². The molecular weight excluding hydrogens is 271 g/mol. The topological polar surface area (TPSA) is 50.5 Å². The molecule has 1 aromatic heterocycles. The fourth-order valence-electron chi connectivity index (χ4n) is 1.29. The van der Waals surface area contributed by atoms with E-state index in [-0.39, 0.29) is 10.3 Å². The first-order chi connectivity index (χ1) is 8.70. The molecule has 0 unspecified atom stereocenters. The van der Waals surface area contributed by atoms with Crippen molar-refractivity contribution in [2.24, 2.45) is 10.2 Å². The van der Waals surface area contributed by atoms with Gasteiger partial charge < -0.3 is 0 Å². The molecule has 2 rings (SSSR count). The van der Waals surface area contributed by atoms with Gasteiger partial charge in [0.05, 0.1) is 5.69 Å². The maximum absolute atomic E-state index is 5.99. The van der Waals surface area contributed by atoms with Crippen LogP contribution in [0.25, 0.3) is 0 Å². The molecule has 0 aliphatic rings. The molecule has 0 fully saturated rings. The maximum Gasteiger partial charge on any atom is 0.161 e. The first-order valence-electron chi connectivity index (χ1n) is 5.39. The molecule has 0 saturated heterocycles. The molecule has 92 valence electrons. The van der Waals surface area contributed by atoms with Crippen LogP contribution in [0.4, 0.5) is 11.4 Å². The Morgan fingerprint density at radius 1 is 1.00 bits per heavy atom. The molecule has 0 bridgehead atoms. The fourth-order valence-corrected chi connectivity index (χ4v) is 1.78. The number of benzene rings is 1. The van der Waals surface area contributed by atoms with E-state index in [0.717, 1.165) is 0 Å². The molecule has 0 radical (unpaired) electrons. The number of aryl methyl sites for hydroxylation is 1. The average molecular weight is 281 g/mol. The van der Waals surface area contributed by atoms with Crippen LogP contribution in [0.15, 0.2) is 40.6 Å².